The second-order valence-electron chi connectivity index (χ2n) is 8.77. The zero-order chi connectivity index (χ0) is 24.6. The largest absolute Gasteiger partial charge is 1.00 e. The van der Waals surface area contributed by atoms with Gasteiger partial charge in [0.1, 0.15) is 0 Å². The summed E-state index contributed by atoms with van der Waals surface area (Å²) in [5, 5.41) is 5.37. The molecule has 0 nitrogen and oxygen atoms in total. The Kier molecular flexibility index (Phi) is 14.6. The van der Waals surface area contributed by atoms with E-state index in [1.165, 1.54) is 54.9 Å². The Hall–Kier alpha value is -2.45. The summed E-state index contributed by atoms with van der Waals surface area (Å²) < 4.78 is 0. The molecule has 0 saturated carbocycles. The maximum absolute atomic E-state index is 3.38. The van der Waals surface area contributed by atoms with Gasteiger partial charge in [-0.05, 0) is 11.1 Å². The van der Waals surface area contributed by atoms with Gasteiger partial charge in [0.25, 0.3) is 0 Å². The number of fused-ring (bicyclic) bond motifs is 2. The normalized spacial score (nSPS) is 9.58. The SMILES string of the molecule is Cc1cc2c(-c3ccccc3)cccc2[cH-]1.Cc1cc2c(-c3ccccc3)cccc2[cH-]1.[CH2-]C[CH2-].[Cl-].[Cl-].[Hf]. The summed E-state index contributed by atoms with van der Waals surface area (Å²) in [4.78, 5) is 0. The summed E-state index contributed by atoms with van der Waals surface area (Å²) in [6.07, 6.45) is 0.750. The van der Waals surface area contributed by atoms with E-state index in [-0.39, 0.29) is 50.7 Å². The van der Waals surface area contributed by atoms with Crippen molar-refractivity contribution in [3.63, 3.8) is 0 Å². The van der Waals surface area contributed by atoms with Gasteiger partial charge in [-0.1, -0.05) is 97.8 Å². The van der Waals surface area contributed by atoms with E-state index in [4.69, 9.17) is 0 Å². The fourth-order valence-corrected chi connectivity index (χ4v) is 4.51. The average molecular weight is 702 g/mol. The number of halogens is 2. The molecule has 0 fully saturated rings. The zero-order valence-corrected chi connectivity index (χ0v) is 27.0. The maximum atomic E-state index is 3.38. The monoisotopic (exact) mass is 702 g/mol. The van der Waals surface area contributed by atoms with Gasteiger partial charge in [-0.2, -0.15) is 12.1 Å². The van der Waals surface area contributed by atoms with E-state index >= 15 is 0 Å². The van der Waals surface area contributed by atoms with Gasteiger partial charge in [0.05, 0.1) is 0 Å². The van der Waals surface area contributed by atoms with Crippen LogP contribution in [0.2, 0.25) is 0 Å². The Bertz CT molecular complexity index is 1380. The molecule has 0 heterocycles. The van der Waals surface area contributed by atoms with Crippen LogP contribution in [0, 0.1) is 27.7 Å². The van der Waals surface area contributed by atoms with Crippen LogP contribution in [-0.2, 0) is 25.8 Å². The summed E-state index contributed by atoms with van der Waals surface area (Å²) in [5.74, 6) is 0. The molecule has 0 amide bonds. The summed E-state index contributed by atoms with van der Waals surface area (Å²) >= 11 is 0. The van der Waals surface area contributed by atoms with E-state index < -0.39 is 0 Å². The molecule has 0 aromatic heterocycles. The number of aryl methyl sites for hydroxylation is 2. The van der Waals surface area contributed by atoms with Gasteiger partial charge >= 0.3 is 0 Å². The quantitative estimate of drug-likeness (QED) is 0.189. The Labute approximate surface area is 259 Å². The summed E-state index contributed by atoms with van der Waals surface area (Å²) in [6.45, 7) is 11.0. The molecule has 0 atom stereocenters. The third-order valence-electron chi connectivity index (χ3n) is 5.96. The number of rotatable bonds is 2. The van der Waals surface area contributed by atoms with Gasteiger partial charge in [-0.3, -0.25) is 0 Å². The third kappa shape index (κ3) is 8.27. The van der Waals surface area contributed by atoms with E-state index in [0.717, 1.165) is 6.42 Å². The molecule has 0 radical (unpaired) electrons. The van der Waals surface area contributed by atoms with E-state index in [0.29, 0.717) is 0 Å². The molecule has 0 N–H and O–H groups in total. The Morgan fingerprint density at radius 2 is 0.868 bits per heavy atom. The van der Waals surface area contributed by atoms with Crippen LogP contribution in [0.3, 0.4) is 0 Å². The first-order chi connectivity index (χ1) is 17.1. The van der Waals surface area contributed by atoms with Crippen LogP contribution in [0.15, 0.2) is 121 Å². The zero-order valence-electron chi connectivity index (χ0n) is 21.9. The van der Waals surface area contributed by atoms with Crippen molar-refractivity contribution in [3.05, 3.63) is 146 Å². The first-order valence-electron chi connectivity index (χ1n) is 12.1. The van der Waals surface area contributed by atoms with E-state index in [1.807, 2.05) is 0 Å². The van der Waals surface area contributed by atoms with Crippen LogP contribution in [0.5, 0.6) is 0 Å². The smallest absolute Gasteiger partial charge is 0 e. The van der Waals surface area contributed by atoms with Gasteiger partial charge in [0, 0.05) is 25.8 Å². The molecule has 6 aromatic carbocycles. The molecule has 0 unspecified atom stereocenters. The fourth-order valence-electron chi connectivity index (χ4n) is 4.51. The Morgan fingerprint density at radius 1 is 0.526 bits per heavy atom. The minimum Gasteiger partial charge on any atom is -1.00 e. The van der Waals surface area contributed by atoms with Crippen molar-refractivity contribution in [2.24, 2.45) is 0 Å². The molecule has 0 aliphatic carbocycles. The van der Waals surface area contributed by atoms with Crippen LogP contribution in [0.1, 0.15) is 17.5 Å². The van der Waals surface area contributed by atoms with Crippen molar-refractivity contribution in [3.8, 4) is 22.3 Å². The van der Waals surface area contributed by atoms with Crippen LogP contribution in [-0.4, -0.2) is 0 Å². The van der Waals surface area contributed by atoms with Gasteiger partial charge in [-0.25, -0.2) is 0 Å². The standard InChI is InChI=1S/2C16H13.C3H6.2ClH.Hf/c2*1-12-10-14-8-5-9-15(16(14)11-12)13-6-3-2-4-7-13;1-3-2;;;/h2*2-11H,1H3;1-3H2;2*1H;/q2*-1;-2;;;/p-2. The number of hydrogen-bond donors (Lipinski definition) is 0. The first kappa shape index (κ1) is 33.6. The average Bonchev–Trinajstić information content (AvgIpc) is 3.46. The van der Waals surface area contributed by atoms with Crippen LogP contribution < -0.4 is 24.8 Å². The van der Waals surface area contributed by atoms with Crippen LogP contribution in [0.25, 0.3) is 43.8 Å². The molecular formula is C35H32Cl2Hf-6. The molecule has 0 aliphatic heterocycles. The van der Waals surface area contributed by atoms with Crippen molar-refractivity contribution >= 4 is 21.5 Å². The van der Waals surface area contributed by atoms with E-state index in [1.54, 1.807) is 0 Å². The van der Waals surface area contributed by atoms with Gasteiger partial charge in [-0.15, -0.1) is 69.1 Å². The van der Waals surface area contributed by atoms with Crippen LogP contribution in [0.4, 0.5) is 0 Å². The Morgan fingerprint density at radius 3 is 1.21 bits per heavy atom. The Balaban J connectivity index is 0.000000322. The molecule has 3 heteroatoms. The minimum atomic E-state index is 0. The van der Waals surface area contributed by atoms with E-state index in [2.05, 4.69) is 149 Å². The molecule has 0 spiro atoms. The molecule has 6 aromatic rings. The van der Waals surface area contributed by atoms with Crippen LogP contribution >= 0.6 is 0 Å². The topological polar surface area (TPSA) is 0 Å². The molecule has 0 bridgehead atoms. The number of benzene rings is 4. The van der Waals surface area contributed by atoms with Gasteiger partial charge < -0.3 is 45.1 Å². The summed E-state index contributed by atoms with van der Waals surface area (Å²) in [6, 6.07) is 43.1. The predicted octanol–water partition coefficient (Wildman–Crippen LogP) is 4.12. The van der Waals surface area contributed by atoms with Crippen molar-refractivity contribution < 1.29 is 50.7 Å². The molecule has 38 heavy (non-hydrogen) atoms. The van der Waals surface area contributed by atoms with Gasteiger partial charge in [0.15, 0.2) is 0 Å². The first-order valence-corrected chi connectivity index (χ1v) is 12.1. The molecule has 196 valence electrons. The molecule has 6 rings (SSSR count). The van der Waals surface area contributed by atoms with Crippen molar-refractivity contribution in [2.45, 2.75) is 20.3 Å². The van der Waals surface area contributed by atoms with Gasteiger partial charge in [0.2, 0.25) is 0 Å². The van der Waals surface area contributed by atoms with Crippen molar-refractivity contribution in [1.29, 1.82) is 0 Å². The third-order valence-corrected chi connectivity index (χ3v) is 5.96. The second-order valence-corrected chi connectivity index (χ2v) is 8.77. The molecule has 0 saturated heterocycles. The fraction of sp³-hybridized carbons (Fsp3) is 0.0857. The van der Waals surface area contributed by atoms with E-state index in [9.17, 15) is 0 Å². The second kappa shape index (κ2) is 16.5. The molecular weight excluding hydrogens is 670 g/mol. The summed E-state index contributed by atoms with van der Waals surface area (Å²) in [5.41, 5.74) is 7.89. The maximum Gasteiger partial charge on any atom is 0 e. The number of hydrogen-bond acceptors (Lipinski definition) is 0. The summed E-state index contributed by atoms with van der Waals surface area (Å²) in [7, 11) is 0. The van der Waals surface area contributed by atoms with Crippen molar-refractivity contribution in [2.75, 3.05) is 0 Å². The van der Waals surface area contributed by atoms with Crippen molar-refractivity contribution in [1.82, 2.24) is 0 Å². The predicted molar refractivity (Wildman–Crippen MR) is 155 cm³/mol. The minimum absolute atomic E-state index is 0. The molecule has 0 aliphatic rings.